The quantitative estimate of drug-likeness (QED) is 0.174. The smallest absolute Gasteiger partial charge is 0.308 e. The van der Waals surface area contributed by atoms with Gasteiger partial charge in [0.15, 0.2) is 5.76 Å². The Hall–Kier alpha value is -2.89. The molecule has 1 aromatic carbocycles. The van der Waals surface area contributed by atoms with Gasteiger partial charge in [-0.05, 0) is 43.7 Å². The molecule has 186 valence electrons. The topological polar surface area (TPSA) is 65.7 Å². The molecular weight excluding hydrogens is 426 g/mol. The SMILES string of the molecule is CCCCC(=O)OC(C)O/C(=C(/C=N\C)c1ccc(C(C)(C)C)cc1)c1c(C)c(C)nn1CC. The molecule has 0 fully saturated rings. The monoisotopic (exact) mass is 467 g/mol. The average Bonchev–Trinajstić information content (AvgIpc) is 3.07. The minimum Gasteiger partial charge on any atom is -0.452 e. The van der Waals surface area contributed by atoms with Gasteiger partial charge in [0.05, 0.1) is 5.69 Å². The summed E-state index contributed by atoms with van der Waals surface area (Å²) in [6.45, 7) is 17.1. The second-order valence-corrected chi connectivity index (χ2v) is 9.61. The first-order valence-corrected chi connectivity index (χ1v) is 12.2. The second-order valence-electron chi connectivity index (χ2n) is 9.61. The van der Waals surface area contributed by atoms with E-state index in [1.54, 1.807) is 20.2 Å². The van der Waals surface area contributed by atoms with Crippen LogP contribution < -0.4 is 0 Å². The fraction of sp³-hybridized carbons (Fsp3) is 0.536. The Morgan fingerprint density at radius 1 is 1.15 bits per heavy atom. The number of ether oxygens (including phenoxy) is 2. The van der Waals surface area contributed by atoms with Gasteiger partial charge in [0.1, 0.15) is 5.69 Å². The third-order valence-corrected chi connectivity index (χ3v) is 5.82. The molecule has 0 saturated carbocycles. The fourth-order valence-electron chi connectivity index (χ4n) is 3.73. The predicted molar refractivity (Wildman–Crippen MR) is 140 cm³/mol. The first-order chi connectivity index (χ1) is 16.0. The molecule has 0 N–H and O–H groups in total. The van der Waals surface area contributed by atoms with E-state index in [0.29, 0.717) is 18.7 Å². The largest absolute Gasteiger partial charge is 0.452 e. The maximum absolute atomic E-state index is 12.3. The highest BCUT2D eigenvalue weighted by Crippen LogP contribution is 2.32. The number of aliphatic imine (C=N–C) groups is 1. The summed E-state index contributed by atoms with van der Waals surface area (Å²) in [5.41, 5.74) is 5.91. The Morgan fingerprint density at radius 3 is 2.32 bits per heavy atom. The van der Waals surface area contributed by atoms with E-state index in [-0.39, 0.29) is 11.4 Å². The molecule has 6 heteroatoms. The minimum absolute atomic E-state index is 0.0519. The lowest BCUT2D eigenvalue weighted by molar-refractivity contribution is -0.164. The summed E-state index contributed by atoms with van der Waals surface area (Å²) in [6.07, 6.45) is 3.16. The molecular formula is C28H41N3O3. The standard InChI is InChI=1S/C28H41N3O3/c1-10-12-13-25(32)33-21(5)34-27(26-19(3)20(4)30-31(26)11-2)24(18-29-9)22-14-16-23(17-15-22)28(6,7)8/h14-18,21H,10-13H2,1-9H3/b27-24-,29-18-. The number of carbonyl (C=O) groups excluding carboxylic acids is 1. The van der Waals surface area contributed by atoms with Crippen LogP contribution in [0.25, 0.3) is 11.3 Å². The maximum atomic E-state index is 12.3. The van der Waals surface area contributed by atoms with Crippen LogP contribution >= 0.6 is 0 Å². The van der Waals surface area contributed by atoms with E-state index in [4.69, 9.17) is 14.6 Å². The summed E-state index contributed by atoms with van der Waals surface area (Å²) in [4.78, 5) is 16.6. The van der Waals surface area contributed by atoms with Crippen molar-refractivity contribution in [3.05, 3.63) is 52.3 Å². The van der Waals surface area contributed by atoms with Crippen molar-refractivity contribution in [2.24, 2.45) is 4.99 Å². The Labute approximate surface area is 205 Å². The molecule has 0 aliphatic carbocycles. The first-order valence-electron chi connectivity index (χ1n) is 12.2. The van der Waals surface area contributed by atoms with Crippen LogP contribution in [-0.2, 0) is 26.2 Å². The third-order valence-electron chi connectivity index (χ3n) is 5.82. The summed E-state index contributed by atoms with van der Waals surface area (Å²) in [6, 6.07) is 8.46. The number of carbonyl (C=O) groups is 1. The number of aromatic nitrogens is 2. The number of esters is 1. The van der Waals surface area contributed by atoms with Gasteiger partial charge in [-0.1, -0.05) is 58.4 Å². The lowest BCUT2D eigenvalue weighted by atomic mass is 9.86. The van der Waals surface area contributed by atoms with Gasteiger partial charge in [-0.25, -0.2) is 0 Å². The van der Waals surface area contributed by atoms with Gasteiger partial charge in [0, 0.05) is 44.3 Å². The predicted octanol–water partition coefficient (Wildman–Crippen LogP) is 6.48. The molecule has 1 unspecified atom stereocenters. The van der Waals surface area contributed by atoms with E-state index in [0.717, 1.165) is 40.9 Å². The van der Waals surface area contributed by atoms with Crippen LogP contribution in [0.1, 0.15) is 88.9 Å². The Balaban J connectivity index is 2.64. The van der Waals surface area contributed by atoms with Crippen LogP contribution in [-0.4, -0.2) is 35.3 Å². The molecule has 6 nitrogen and oxygen atoms in total. The molecule has 1 heterocycles. The third kappa shape index (κ3) is 6.81. The highest BCUT2D eigenvalue weighted by atomic mass is 16.7. The summed E-state index contributed by atoms with van der Waals surface area (Å²) in [5, 5.41) is 4.69. The number of rotatable bonds is 10. The van der Waals surface area contributed by atoms with Gasteiger partial charge in [-0.3, -0.25) is 14.5 Å². The number of allylic oxidation sites excluding steroid dienone is 1. The summed E-state index contributed by atoms with van der Waals surface area (Å²) >= 11 is 0. The lowest BCUT2D eigenvalue weighted by Crippen LogP contribution is -2.19. The van der Waals surface area contributed by atoms with Gasteiger partial charge in [-0.15, -0.1) is 0 Å². The van der Waals surface area contributed by atoms with E-state index >= 15 is 0 Å². The second kappa shape index (κ2) is 12.0. The van der Waals surface area contributed by atoms with Crippen LogP contribution in [0.2, 0.25) is 0 Å². The first kappa shape index (κ1) is 27.4. The van der Waals surface area contributed by atoms with Crippen LogP contribution in [0.5, 0.6) is 0 Å². The Bertz CT molecular complexity index is 1020. The number of nitrogens with zero attached hydrogens (tertiary/aromatic N) is 3. The van der Waals surface area contributed by atoms with E-state index < -0.39 is 6.29 Å². The van der Waals surface area contributed by atoms with Crippen molar-refractivity contribution >= 4 is 23.5 Å². The number of unbranched alkanes of at least 4 members (excludes halogenated alkanes) is 1. The van der Waals surface area contributed by atoms with Crippen molar-refractivity contribution in [3.63, 3.8) is 0 Å². The van der Waals surface area contributed by atoms with E-state index in [2.05, 4.69) is 50.0 Å². The van der Waals surface area contributed by atoms with Crippen LogP contribution in [0.4, 0.5) is 0 Å². The van der Waals surface area contributed by atoms with Crippen molar-refractivity contribution in [1.29, 1.82) is 0 Å². The molecule has 0 radical (unpaired) electrons. The Morgan fingerprint density at radius 2 is 1.79 bits per heavy atom. The van der Waals surface area contributed by atoms with Crippen LogP contribution in [0, 0.1) is 13.8 Å². The Kier molecular flexibility index (Phi) is 9.66. The summed E-state index contributed by atoms with van der Waals surface area (Å²) in [5.74, 6) is 0.343. The molecule has 0 saturated heterocycles. The molecule has 0 spiro atoms. The van der Waals surface area contributed by atoms with Crippen LogP contribution in [0.3, 0.4) is 0 Å². The normalized spacial score (nSPS) is 13.7. The van der Waals surface area contributed by atoms with Crippen molar-refractivity contribution in [2.45, 2.75) is 92.9 Å². The van der Waals surface area contributed by atoms with Gasteiger partial charge >= 0.3 is 5.97 Å². The van der Waals surface area contributed by atoms with Crippen molar-refractivity contribution in [3.8, 4) is 0 Å². The average molecular weight is 468 g/mol. The summed E-state index contributed by atoms with van der Waals surface area (Å²) in [7, 11) is 1.74. The molecule has 0 amide bonds. The lowest BCUT2D eigenvalue weighted by Gasteiger charge is -2.22. The maximum Gasteiger partial charge on any atom is 0.308 e. The number of benzene rings is 1. The van der Waals surface area contributed by atoms with Gasteiger partial charge in [-0.2, -0.15) is 5.10 Å². The molecule has 0 bridgehead atoms. The van der Waals surface area contributed by atoms with Gasteiger partial charge < -0.3 is 9.47 Å². The van der Waals surface area contributed by atoms with Crippen molar-refractivity contribution in [1.82, 2.24) is 9.78 Å². The minimum atomic E-state index is -0.756. The van der Waals surface area contributed by atoms with E-state index in [1.165, 1.54) is 5.56 Å². The number of hydrogen-bond donors (Lipinski definition) is 0. The van der Waals surface area contributed by atoms with Crippen molar-refractivity contribution in [2.75, 3.05) is 7.05 Å². The fourth-order valence-corrected chi connectivity index (χ4v) is 3.73. The van der Waals surface area contributed by atoms with Crippen molar-refractivity contribution < 1.29 is 14.3 Å². The zero-order chi connectivity index (χ0) is 25.5. The molecule has 34 heavy (non-hydrogen) atoms. The molecule has 1 atom stereocenters. The summed E-state index contributed by atoms with van der Waals surface area (Å²) < 4.78 is 13.9. The van der Waals surface area contributed by atoms with Gasteiger partial charge in [0.25, 0.3) is 0 Å². The molecule has 0 aliphatic heterocycles. The number of aryl methyl sites for hydroxylation is 2. The van der Waals surface area contributed by atoms with E-state index in [1.807, 2.05) is 32.4 Å². The zero-order valence-corrected chi connectivity index (χ0v) is 22.4. The number of hydrogen-bond acceptors (Lipinski definition) is 5. The zero-order valence-electron chi connectivity index (χ0n) is 22.4. The van der Waals surface area contributed by atoms with Crippen LogP contribution in [0.15, 0.2) is 29.3 Å². The highest BCUT2D eigenvalue weighted by Gasteiger charge is 2.24. The molecule has 0 aliphatic rings. The van der Waals surface area contributed by atoms with E-state index in [9.17, 15) is 4.79 Å². The highest BCUT2D eigenvalue weighted by molar-refractivity contribution is 6.18. The molecule has 1 aromatic heterocycles. The molecule has 2 rings (SSSR count). The molecule has 2 aromatic rings. The van der Waals surface area contributed by atoms with Gasteiger partial charge in [0.2, 0.25) is 6.29 Å².